The molecule has 0 heterocycles. The van der Waals surface area contributed by atoms with Crippen LogP contribution in [0.4, 0.5) is 0 Å². The Bertz CT molecular complexity index is 396. The molecule has 16 heavy (non-hydrogen) atoms. The summed E-state index contributed by atoms with van der Waals surface area (Å²) >= 11 is 0. The largest absolute Gasteiger partial charge is 0.478 e. The quantitative estimate of drug-likeness (QED) is 0.542. The third kappa shape index (κ3) is 3.43. The second-order valence-electron chi connectivity index (χ2n) is 3.03. The molecule has 0 aliphatic heterocycles. The van der Waals surface area contributed by atoms with Gasteiger partial charge in [-0.3, -0.25) is 4.79 Å². The van der Waals surface area contributed by atoms with Gasteiger partial charge >= 0.3 is 5.97 Å². The minimum Gasteiger partial charge on any atom is -0.478 e. The maximum absolute atomic E-state index is 11.7. The van der Waals surface area contributed by atoms with Crippen molar-refractivity contribution >= 4 is 11.9 Å². The van der Waals surface area contributed by atoms with E-state index in [-0.39, 0.29) is 24.2 Å². The lowest BCUT2D eigenvalue weighted by Crippen LogP contribution is -2.33. The lowest BCUT2D eigenvalue weighted by atomic mass is 10.1. The molecule has 0 aliphatic carbocycles. The van der Waals surface area contributed by atoms with E-state index in [1.165, 1.54) is 13.8 Å². The molecule has 1 N–H and O–H groups in total. The van der Waals surface area contributed by atoms with Crippen molar-refractivity contribution in [2.45, 2.75) is 13.8 Å². The number of hydrogen-bond acceptors (Lipinski definition) is 4. The zero-order valence-electron chi connectivity index (χ0n) is 9.02. The molecule has 0 aromatic rings. The van der Waals surface area contributed by atoms with Crippen LogP contribution in [0.1, 0.15) is 13.8 Å². The second kappa shape index (κ2) is 6.20. The van der Waals surface area contributed by atoms with E-state index < -0.39 is 11.9 Å². The van der Waals surface area contributed by atoms with E-state index in [1.54, 1.807) is 12.1 Å². The van der Waals surface area contributed by atoms with E-state index in [1.807, 2.05) is 0 Å². The molecule has 0 saturated carbocycles. The molecule has 0 unspecified atom stereocenters. The van der Waals surface area contributed by atoms with Gasteiger partial charge in [0, 0.05) is 11.1 Å². The van der Waals surface area contributed by atoms with Crippen molar-refractivity contribution in [1.82, 2.24) is 4.90 Å². The molecule has 0 aliphatic rings. The molecule has 0 atom stereocenters. The predicted octanol–water partition coefficient (Wildman–Crippen LogP) is 0.283. The molecule has 84 valence electrons. The maximum Gasteiger partial charge on any atom is 0.331 e. The first-order valence-corrected chi connectivity index (χ1v) is 4.39. The zero-order valence-corrected chi connectivity index (χ0v) is 9.02. The van der Waals surface area contributed by atoms with Crippen LogP contribution >= 0.6 is 0 Å². The van der Waals surface area contributed by atoms with Crippen molar-refractivity contribution in [1.29, 1.82) is 10.5 Å². The lowest BCUT2D eigenvalue weighted by molar-refractivity contribution is -0.133. The van der Waals surface area contributed by atoms with Gasteiger partial charge in [-0.1, -0.05) is 0 Å². The normalized spacial score (nSPS) is 10.8. The molecule has 0 radical (unpaired) electrons. The average molecular weight is 221 g/mol. The number of nitrogens with zero attached hydrogens (tertiary/aromatic N) is 3. The number of rotatable bonds is 4. The van der Waals surface area contributed by atoms with Crippen molar-refractivity contribution < 1.29 is 14.7 Å². The van der Waals surface area contributed by atoms with Gasteiger partial charge in [0.1, 0.15) is 13.1 Å². The lowest BCUT2D eigenvalue weighted by Gasteiger charge is -2.16. The summed E-state index contributed by atoms with van der Waals surface area (Å²) < 4.78 is 0. The second-order valence-corrected chi connectivity index (χ2v) is 3.03. The highest BCUT2D eigenvalue weighted by atomic mass is 16.4. The maximum atomic E-state index is 11.7. The van der Waals surface area contributed by atoms with Gasteiger partial charge in [-0.15, -0.1) is 0 Å². The topological polar surface area (TPSA) is 105 Å². The molecular formula is C10H11N3O3. The molecule has 0 aromatic heterocycles. The van der Waals surface area contributed by atoms with Gasteiger partial charge in [-0.25, -0.2) is 4.79 Å². The molecule has 0 aromatic carbocycles. The summed E-state index contributed by atoms with van der Waals surface area (Å²) in [6, 6.07) is 3.48. The SMILES string of the molecule is CC(C(=O)O)=C(C)C(=O)N(CC#N)CC#N. The fourth-order valence-corrected chi connectivity index (χ4v) is 0.928. The van der Waals surface area contributed by atoms with Crippen LogP contribution in [0.25, 0.3) is 0 Å². The Hall–Kier alpha value is -2.34. The molecule has 1 amide bonds. The van der Waals surface area contributed by atoms with Gasteiger partial charge < -0.3 is 10.0 Å². The highest BCUT2D eigenvalue weighted by molar-refractivity contribution is 6.01. The van der Waals surface area contributed by atoms with Gasteiger partial charge in [0.15, 0.2) is 0 Å². The standard InChI is InChI=1S/C10H11N3O3/c1-7(8(2)10(15)16)9(14)13(5-3-11)6-4-12/h5-6H2,1-2H3,(H,15,16). The monoisotopic (exact) mass is 221 g/mol. The molecular weight excluding hydrogens is 210 g/mol. The molecule has 0 fully saturated rings. The summed E-state index contributed by atoms with van der Waals surface area (Å²) in [6.07, 6.45) is 0. The Kier molecular flexibility index (Phi) is 5.29. The fraction of sp³-hybridized carbons (Fsp3) is 0.400. The Balaban J connectivity index is 5.04. The molecule has 0 spiro atoms. The van der Waals surface area contributed by atoms with Crippen LogP contribution in [0.3, 0.4) is 0 Å². The van der Waals surface area contributed by atoms with E-state index in [9.17, 15) is 9.59 Å². The minimum absolute atomic E-state index is 0.0259. The van der Waals surface area contributed by atoms with E-state index in [2.05, 4.69) is 0 Å². The van der Waals surface area contributed by atoms with Gasteiger partial charge in [0.05, 0.1) is 12.1 Å². The molecule has 0 bridgehead atoms. The van der Waals surface area contributed by atoms with Crippen LogP contribution in [0, 0.1) is 22.7 Å². The number of carboxylic acids is 1. The smallest absolute Gasteiger partial charge is 0.331 e. The summed E-state index contributed by atoms with van der Waals surface area (Å²) in [7, 11) is 0. The summed E-state index contributed by atoms with van der Waals surface area (Å²) in [5.74, 6) is -1.80. The number of amides is 1. The summed E-state index contributed by atoms with van der Waals surface area (Å²) in [5.41, 5.74) is -0.0659. The predicted molar refractivity (Wildman–Crippen MR) is 53.8 cm³/mol. The summed E-state index contributed by atoms with van der Waals surface area (Å²) in [4.78, 5) is 23.3. The van der Waals surface area contributed by atoms with E-state index in [0.717, 1.165) is 4.90 Å². The number of carboxylic acid groups (broad SMARTS) is 1. The van der Waals surface area contributed by atoms with Crippen molar-refractivity contribution in [2.24, 2.45) is 0 Å². The first kappa shape index (κ1) is 13.7. The highest BCUT2D eigenvalue weighted by Crippen LogP contribution is 2.07. The number of nitriles is 2. The van der Waals surface area contributed by atoms with E-state index in [0.29, 0.717) is 0 Å². The van der Waals surface area contributed by atoms with Crippen LogP contribution < -0.4 is 0 Å². The Morgan fingerprint density at radius 2 is 1.56 bits per heavy atom. The third-order valence-electron chi connectivity index (χ3n) is 2.01. The van der Waals surface area contributed by atoms with Crippen molar-refractivity contribution in [3.05, 3.63) is 11.1 Å². The number of carbonyl (C=O) groups excluding carboxylic acids is 1. The molecule has 6 heteroatoms. The first-order valence-electron chi connectivity index (χ1n) is 4.39. The summed E-state index contributed by atoms with van der Waals surface area (Å²) in [5, 5.41) is 25.6. The van der Waals surface area contributed by atoms with Crippen molar-refractivity contribution in [3.8, 4) is 12.1 Å². The number of carbonyl (C=O) groups is 2. The molecule has 0 saturated heterocycles. The van der Waals surface area contributed by atoms with Gasteiger partial charge in [-0.05, 0) is 13.8 Å². The fourth-order valence-electron chi connectivity index (χ4n) is 0.928. The Labute approximate surface area is 93.0 Å². The van der Waals surface area contributed by atoms with Crippen molar-refractivity contribution in [3.63, 3.8) is 0 Å². The van der Waals surface area contributed by atoms with Crippen molar-refractivity contribution in [2.75, 3.05) is 13.1 Å². The van der Waals surface area contributed by atoms with Crippen LogP contribution in [-0.2, 0) is 9.59 Å². The third-order valence-corrected chi connectivity index (χ3v) is 2.01. The van der Waals surface area contributed by atoms with Gasteiger partial charge in [0.25, 0.3) is 5.91 Å². The van der Waals surface area contributed by atoms with Crippen LogP contribution in [0.15, 0.2) is 11.1 Å². The Morgan fingerprint density at radius 3 is 1.88 bits per heavy atom. The number of aliphatic carboxylic acids is 1. The first-order chi connectivity index (χ1) is 7.45. The number of hydrogen-bond donors (Lipinski definition) is 1. The zero-order chi connectivity index (χ0) is 12.7. The highest BCUT2D eigenvalue weighted by Gasteiger charge is 2.18. The summed E-state index contributed by atoms with van der Waals surface area (Å²) in [6.45, 7) is 2.17. The van der Waals surface area contributed by atoms with Crippen LogP contribution in [-0.4, -0.2) is 35.0 Å². The Morgan fingerprint density at radius 1 is 1.12 bits per heavy atom. The van der Waals surface area contributed by atoms with E-state index >= 15 is 0 Å². The molecule has 0 rings (SSSR count). The average Bonchev–Trinajstić information content (AvgIpc) is 2.25. The minimum atomic E-state index is -1.19. The molecule has 6 nitrogen and oxygen atoms in total. The van der Waals surface area contributed by atoms with Crippen LogP contribution in [0.5, 0.6) is 0 Å². The van der Waals surface area contributed by atoms with Gasteiger partial charge in [-0.2, -0.15) is 10.5 Å². The van der Waals surface area contributed by atoms with Crippen LogP contribution in [0.2, 0.25) is 0 Å². The van der Waals surface area contributed by atoms with E-state index in [4.69, 9.17) is 15.6 Å². The van der Waals surface area contributed by atoms with Gasteiger partial charge in [0.2, 0.25) is 0 Å².